The molecule has 0 radical (unpaired) electrons. The molecule has 25 heavy (non-hydrogen) atoms. The van der Waals surface area contributed by atoms with Gasteiger partial charge < -0.3 is 14.4 Å². The maximum Gasteiger partial charge on any atom is 0.254 e. The van der Waals surface area contributed by atoms with Crippen LogP contribution in [0.1, 0.15) is 23.7 Å². The van der Waals surface area contributed by atoms with Crippen LogP contribution in [0.4, 0.5) is 0 Å². The number of nitrogens with zero attached hydrogens (tertiary/aromatic N) is 1. The third kappa shape index (κ3) is 4.33. The third-order valence-electron chi connectivity index (χ3n) is 4.16. The Kier molecular flexibility index (Phi) is 5.95. The number of hydrogen-bond donors (Lipinski definition) is 0. The van der Waals surface area contributed by atoms with Crippen molar-refractivity contribution < 1.29 is 14.3 Å². The van der Waals surface area contributed by atoms with Crippen LogP contribution in [0, 0.1) is 0 Å². The van der Waals surface area contributed by atoms with E-state index in [0.717, 1.165) is 17.5 Å². The van der Waals surface area contributed by atoms with Crippen molar-refractivity contribution in [2.45, 2.75) is 13.3 Å². The molecule has 4 nitrogen and oxygen atoms in total. The maximum atomic E-state index is 12.5. The molecule has 0 N–H and O–H groups in total. The largest absolute Gasteiger partial charge is 0.492 e. The van der Waals surface area contributed by atoms with E-state index in [1.165, 1.54) is 0 Å². The third-order valence-corrected chi connectivity index (χ3v) is 4.45. The first-order valence-corrected chi connectivity index (χ1v) is 8.96. The normalized spacial score (nSPS) is 14.4. The summed E-state index contributed by atoms with van der Waals surface area (Å²) in [6.45, 7) is 5.22. The Morgan fingerprint density at radius 1 is 1.12 bits per heavy atom. The van der Waals surface area contributed by atoms with Crippen molar-refractivity contribution in [3.8, 4) is 16.9 Å². The molecule has 132 valence electrons. The monoisotopic (exact) mass is 359 g/mol. The van der Waals surface area contributed by atoms with Crippen LogP contribution < -0.4 is 4.74 Å². The summed E-state index contributed by atoms with van der Waals surface area (Å²) in [5.41, 5.74) is 2.71. The average Bonchev–Trinajstić information content (AvgIpc) is 2.67. The van der Waals surface area contributed by atoms with Gasteiger partial charge in [0.15, 0.2) is 0 Å². The number of rotatable bonds is 5. The molecule has 0 unspecified atom stereocenters. The zero-order valence-electron chi connectivity index (χ0n) is 14.3. The van der Waals surface area contributed by atoms with E-state index in [-0.39, 0.29) is 5.91 Å². The molecular weight excluding hydrogens is 338 g/mol. The molecule has 3 rings (SSSR count). The summed E-state index contributed by atoms with van der Waals surface area (Å²) < 4.78 is 10.9. The topological polar surface area (TPSA) is 38.8 Å². The zero-order valence-corrected chi connectivity index (χ0v) is 15.1. The Morgan fingerprint density at radius 3 is 2.44 bits per heavy atom. The van der Waals surface area contributed by atoms with Crippen LogP contribution in [0.2, 0.25) is 5.02 Å². The summed E-state index contributed by atoms with van der Waals surface area (Å²) in [7, 11) is 0. The van der Waals surface area contributed by atoms with E-state index in [0.29, 0.717) is 49.2 Å². The summed E-state index contributed by atoms with van der Waals surface area (Å²) >= 11 is 6.30. The molecule has 0 aromatic heterocycles. The van der Waals surface area contributed by atoms with Gasteiger partial charge in [-0.25, -0.2) is 0 Å². The Balaban J connectivity index is 1.73. The number of ether oxygens (including phenoxy) is 2. The van der Waals surface area contributed by atoms with E-state index >= 15 is 0 Å². The highest BCUT2D eigenvalue weighted by Crippen LogP contribution is 2.30. The number of carbonyl (C=O) groups excluding carboxylic acids is 1. The van der Waals surface area contributed by atoms with Crippen LogP contribution in [0.5, 0.6) is 5.75 Å². The lowest BCUT2D eigenvalue weighted by Gasteiger charge is -2.26. The Morgan fingerprint density at radius 2 is 1.80 bits per heavy atom. The molecule has 2 aromatic rings. The van der Waals surface area contributed by atoms with E-state index in [1.807, 2.05) is 47.4 Å². The van der Waals surface area contributed by atoms with Gasteiger partial charge in [-0.1, -0.05) is 36.7 Å². The van der Waals surface area contributed by atoms with Gasteiger partial charge >= 0.3 is 0 Å². The number of amides is 1. The molecule has 1 aliphatic heterocycles. The fraction of sp³-hybridized carbons (Fsp3) is 0.350. The number of halogens is 1. The molecule has 0 bridgehead atoms. The molecule has 0 spiro atoms. The molecule has 1 fully saturated rings. The van der Waals surface area contributed by atoms with E-state index in [2.05, 4.69) is 6.92 Å². The number of carbonyl (C=O) groups is 1. The molecule has 0 saturated carbocycles. The van der Waals surface area contributed by atoms with Crippen LogP contribution in [0.15, 0.2) is 42.5 Å². The van der Waals surface area contributed by atoms with Crippen molar-refractivity contribution >= 4 is 17.5 Å². The molecular formula is C20H22ClNO3. The Hall–Kier alpha value is -2.04. The van der Waals surface area contributed by atoms with Crippen LogP contribution in [-0.4, -0.2) is 43.7 Å². The second kappa shape index (κ2) is 8.37. The summed E-state index contributed by atoms with van der Waals surface area (Å²) in [5.74, 6) is 0.752. The molecule has 1 heterocycles. The highest BCUT2D eigenvalue weighted by atomic mass is 35.5. The first-order valence-electron chi connectivity index (χ1n) is 8.59. The standard InChI is InChI=1S/C20H22ClNO3/c1-2-11-25-19-8-7-17(14-18(19)21)15-3-5-16(6-4-15)20(23)22-9-12-24-13-10-22/h3-8,14H,2,9-13H2,1H3. The van der Waals surface area contributed by atoms with E-state index < -0.39 is 0 Å². The van der Waals surface area contributed by atoms with Crippen LogP contribution in [-0.2, 0) is 4.74 Å². The van der Waals surface area contributed by atoms with Gasteiger partial charge in [-0.15, -0.1) is 0 Å². The maximum absolute atomic E-state index is 12.5. The van der Waals surface area contributed by atoms with Gasteiger partial charge in [0.1, 0.15) is 5.75 Å². The summed E-state index contributed by atoms with van der Waals surface area (Å²) in [6.07, 6.45) is 0.941. The number of benzene rings is 2. The lowest BCUT2D eigenvalue weighted by Crippen LogP contribution is -2.40. The number of morpholine rings is 1. The van der Waals surface area contributed by atoms with E-state index in [1.54, 1.807) is 0 Å². The Labute approximate surface area is 153 Å². The molecule has 1 aliphatic rings. The van der Waals surface area contributed by atoms with E-state index in [9.17, 15) is 4.79 Å². The van der Waals surface area contributed by atoms with Crippen LogP contribution in [0.25, 0.3) is 11.1 Å². The first kappa shape index (κ1) is 17.8. The highest BCUT2D eigenvalue weighted by Gasteiger charge is 2.18. The number of hydrogen-bond acceptors (Lipinski definition) is 3. The molecule has 0 atom stereocenters. The first-order chi connectivity index (χ1) is 12.2. The molecule has 1 amide bonds. The molecule has 5 heteroatoms. The van der Waals surface area contributed by atoms with Crippen LogP contribution >= 0.6 is 11.6 Å². The van der Waals surface area contributed by atoms with Gasteiger partial charge in [0, 0.05) is 18.7 Å². The summed E-state index contributed by atoms with van der Waals surface area (Å²) in [6, 6.07) is 13.4. The minimum atomic E-state index is 0.0520. The van der Waals surface area contributed by atoms with E-state index in [4.69, 9.17) is 21.1 Å². The Bertz CT molecular complexity index is 724. The molecule has 1 saturated heterocycles. The summed E-state index contributed by atoms with van der Waals surface area (Å²) in [4.78, 5) is 14.3. The van der Waals surface area contributed by atoms with Gasteiger partial charge in [0.25, 0.3) is 5.91 Å². The fourth-order valence-electron chi connectivity index (χ4n) is 2.76. The minimum absolute atomic E-state index is 0.0520. The van der Waals surface area contributed by atoms with Crippen molar-refractivity contribution in [1.82, 2.24) is 4.90 Å². The SMILES string of the molecule is CCCOc1ccc(-c2ccc(C(=O)N3CCOCC3)cc2)cc1Cl. The van der Waals surface area contributed by atoms with Gasteiger partial charge in [0.2, 0.25) is 0 Å². The average molecular weight is 360 g/mol. The second-order valence-electron chi connectivity index (χ2n) is 5.98. The van der Waals surface area contributed by atoms with Crippen molar-refractivity contribution in [3.63, 3.8) is 0 Å². The predicted octanol–water partition coefficient (Wildman–Crippen LogP) is 4.27. The molecule has 0 aliphatic carbocycles. The smallest absolute Gasteiger partial charge is 0.254 e. The van der Waals surface area contributed by atoms with Gasteiger partial charge in [-0.05, 0) is 41.8 Å². The molecule has 2 aromatic carbocycles. The predicted molar refractivity (Wildman–Crippen MR) is 99.4 cm³/mol. The second-order valence-corrected chi connectivity index (χ2v) is 6.38. The lowest BCUT2D eigenvalue weighted by molar-refractivity contribution is 0.0303. The van der Waals surface area contributed by atoms with Crippen LogP contribution in [0.3, 0.4) is 0 Å². The van der Waals surface area contributed by atoms with Crippen molar-refractivity contribution in [1.29, 1.82) is 0 Å². The minimum Gasteiger partial charge on any atom is -0.492 e. The summed E-state index contributed by atoms with van der Waals surface area (Å²) in [5, 5.41) is 0.597. The van der Waals surface area contributed by atoms with Gasteiger partial charge in [-0.2, -0.15) is 0 Å². The zero-order chi connectivity index (χ0) is 17.6. The van der Waals surface area contributed by atoms with Crippen molar-refractivity contribution in [3.05, 3.63) is 53.1 Å². The fourth-order valence-corrected chi connectivity index (χ4v) is 3.00. The van der Waals surface area contributed by atoms with Crippen molar-refractivity contribution in [2.24, 2.45) is 0 Å². The van der Waals surface area contributed by atoms with Gasteiger partial charge in [-0.3, -0.25) is 4.79 Å². The lowest BCUT2D eigenvalue weighted by atomic mass is 10.0. The van der Waals surface area contributed by atoms with Gasteiger partial charge in [0.05, 0.1) is 24.8 Å². The van der Waals surface area contributed by atoms with Crippen molar-refractivity contribution in [2.75, 3.05) is 32.9 Å². The highest BCUT2D eigenvalue weighted by molar-refractivity contribution is 6.32. The quantitative estimate of drug-likeness (QED) is 0.800.